The van der Waals surface area contributed by atoms with E-state index in [2.05, 4.69) is 11.1 Å². The molecule has 0 spiro atoms. The molecule has 0 radical (unpaired) electrons. The molecule has 1 heteroatoms. The van der Waals surface area contributed by atoms with Gasteiger partial charge in [-0.05, 0) is 24.8 Å². The van der Waals surface area contributed by atoms with Gasteiger partial charge in [0.15, 0.2) is 0 Å². The molecule has 1 unspecified atom stereocenters. The Kier molecular flexibility index (Phi) is 0.775. The quantitative estimate of drug-likeness (QED) is 0.480. The third kappa shape index (κ3) is 0.585. The summed E-state index contributed by atoms with van der Waals surface area (Å²) in [6.07, 6.45) is 8.93. The van der Waals surface area contributed by atoms with Crippen molar-refractivity contribution in [2.24, 2.45) is 10.9 Å². The minimum Gasteiger partial charge on any atom is -0.285 e. The predicted octanol–water partition coefficient (Wildman–Crippen LogP) is 1.41. The Morgan fingerprint density at radius 2 is 2.25 bits per heavy atom. The van der Waals surface area contributed by atoms with Crippen LogP contribution in [0.3, 0.4) is 0 Å². The molecule has 0 N–H and O–H groups in total. The highest BCUT2D eigenvalue weighted by atomic mass is 14.8. The van der Waals surface area contributed by atoms with Crippen LogP contribution in [0.4, 0.5) is 0 Å². The zero-order valence-electron chi connectivity index (χ0n) is 4.75. The fourth-order valence-electron chi connectivity index (χ4n) is 1.08. The van der Waals surface area contributed by atoms with Crippen LogP contribution in [0, 0.1) is 5.92 Å². The molecule has 0 amide bonds. The van der Waals surface area contributed by atoms with Crippen LogP contribution in [0.25, 0.3) is 0 Å². The van der Waals surface area contributed by atoms with Crippen molar-refractivity contribution in [1.82, 2.24) is 0 Å². The summed E-state index contributed by atoms with van der Waals surface area (Å²) in [4.78, 5) is 4.26. The Hall–Kier alpha value is -0.590. The SMILES string of the molecule is C1=CC(C2CC2)N=C1. The molecule has 0 bridgehead atoms. The highest BCUT2D eigenvalue weighted by Gasteiger charge is 2.29. The number of allylic oxidation sites excluding steroid dienone is 1. The average Bonchev–Trinajstić information content (AvgIpc) is 2.49. The third-order valence-corrected chi connectivity index (χ3v) is 1.76. The van der Waals surface area contributed by atoms with Gasteiger partial charge in [-0.1, -0.05) is 6.08 Å². The molecule has 0 aromatic heterocycles. The van der Waals surface area contributed by atoms with Gasteiger partial charge in [0.25, 0.3) is 0 Å². The van der Waals surface area contributed by atoms with E-state index in [0.717, 1.165) is 5.92 Å². The number of rotatable bonds is 1. The summed E-state index contributed by atoms with van der Waals surface area (Å²) < 4.78 is 0. The van der Waals surface area contributed by atoms with Crippen LogP contribution < -0.4 is 0 Å². The fraction of sp³-hybridized carbons (Fsp3) is 0.571. The lowest BCUT2D eigenvalue weighted by Crippen LogP contribution is -1.97. The molecule has 1 nitrogen and oxygen atoms in total. The van der Waals surface area contributed by atoms with E-state index in [1.807, 2.05) is 12.3 Å². The van der Waals surface area contributed by atoms with E-state index in [4.69, 9.17) is 0 Å². The molecule has 1 aliphatic carbocycles. The molecule has 2 rings (SSSR count). The van der Waals surface area contributed by atoms with Crippen molar-refractivity contribution >= 4 is 6.21 Å². The lowest BCUT2D eigenvalue weighted by atomic mass is 10.2. The smallest absolute Gasteiger partial charge is 0.0711 e. The van der Waals surface area contributed by atoms with Crippen LogP contribution in [0.15, 0.2) is 17.1 Å². The second-order valence-corrected chi connectivity index (χ2v) is 2.51. The van der Waals surface area contributed by atoms with Gasteiger partial charge in [-0.2, -0.15) is 0 Å². The van der Waals surface area contributed by atoms with Crippen molar-refractivity contribution in [3.63, 3.8) is 0 Å². The summed E-state index contributed by atoms with van der Waals surface area (Å²) in [6.45, 7) is 0. The average molecular weight is 107 g/mol. The maximum atomic E-state index is 4.26. The van der Waals surface area contributed by atoms with Gasteiger partial charge in [0.05, 0.1) is 6.04 Å². The first kappa shape index (κ1) is 4.30. The summed E-state index contributed by atoms with van der Waals surface area (Å²) >= 11 is 0. The molecule has 42 valence electrons. The van der Waals surface area contributed by atoms with Gasteiger partial charge in [0.2, 0.25) is 0 Å². The normalized spacial score (nSPS) is 34.2. The van der Waals surface area contributed by atoms with E-state index in [1.165, 1.54) is 12.8 Å². The van der Waals surface area contributed by atoms with Crippen molar-refractivity contribution in [3.05, 3.63) is 12.2 Å². The molecule has 0 saturated heterocycles. The van der Waals surface area contributed by atoms with E-state index in [0.29, 0.717) is 6.04 Å². The van der Waals surface area contributed by atoms with E-state index >= 15 is 0 Å². The minimum absolute atomic E-state index is 0.565. The molecule has 8 heavy (non-hydrogen) atoms. The summed E-state index contributed by atoms with van der Waals surface area (Å²) in [5.74, 6) is 0.907. The predicted molar refractivity (Wildman–Crippen MR) is 34.1 cm³/mol. The Bertz CT molecular complexity index is 130. The fourth-order valence-corrected chi connectivity index (χ4v) is 1.08. The number of aliphatic imine (C=N–C) groups is 1. The van der Waals surface area contributed by atoms with Crippen LogP contribution >= 0.6 is 0 Å². The molecule has 2 aliphatic rings. The molecular weight excluding hydrogens is 98.1 g/mol. The highest BCUT2D eigenvalue weighted by molar-refractivity contribution is 5.74. The van der Waals surface area contributed by atoms with Gasteiger partial charge in [0, 0.05) is 6.21 Å². The molecule has 1 fully saturated rings. The monoisotopic (exact) mass is 107 g/mol. The minimum atomic E-state index is 0.565. The van der Waals surface area contributed by atoms with Gasteiger partial charge in [-0.15, -0.1) is 0 Å². The lowest BCUT2D eigenvalue weighted by Gasteiger charge is -1.96. The zero-order valence-corrected chi connectivity index (χ0v) is 4.75. The van der Waals surface area contributed by atoms with Crippen molar-refractivity contribution in [2.75, 3.05) is 0 Å². The van der Waals surface area contributed by atoms with Crippen molar-refractivity contribution < 1.29 is 0 Å². The van der Waals surface area contributed by atoms with Gasteiger partial charge < -0.3 is 0 Å². The van der Waals surface area contributed by atoms with Crippen LogP contribution in [0.5, 0.6) is 0 Å². The number of hydrogen-bond donors (Lipinski definition) is 0. The van der Waals surface area contributed by atoms with Crippen LogP contribution in [-0.4, -0.2) is 12.3 Å². The maximum absolute atomic E-state index is 4.26. The van der Waals surface area contributed by atoms with Crippen LogP contribution in [-0.2, 0) is 0 Å². The van der Waals surface area contributed by atoms with Gasteiger partial charge in [0.1, 0.15) is 0 Å². The zero-order chi connectivity index (χ0) is 5.40. The number of hydrogen-bond acceptors (Lipinski definition) is 1. The second-order valence-electron chi connectivity index (χ2n) is 2.51. The molecule has 0 aromatic carbocycles. The summed E-state index contributed by atoms with van der Waals surface area (Å²) in [5.41, 5.74) is 0. The van der Waals surface area contributed by atoms with E-state index in [9.17, 15) is 0 Å². The second kappa shape index (κ2) is 1.44. The molecule has 0 aromatic rings. The van der Waals surface area contributed by atoms with E-state index in [-0.39, 0.29) is 0 Å². The molecular formula is C7H9N. The van der Waals surface area contributed by atoms with Gasteiger partial charge in [-0.25, -0.2) is 0 Å². The van der Waals surface area contributed by atoms with E-state index in [1.54, 1.807) is 0 Å². The Morgan fingerprint density at radius 3 is 2.75 bits per heavy atom. The number of nitrogens with zero attached hydrogens (tertiary/aromatic N) is 1. The molecule has 1 heterocycles. The lowest BCUT2D eigenvalue weighted by molar-refractivity contribution is 0.724. The Morgan fingerprint density at radius 1 is 1.38 bits per heavy atom. The van der Waals surface area contributed by atoms with Crippen molar-refractivity contribution in [2.45, 2.75) is 18.9 Å². The van der Waals surface area contributed by atoms with E-state index < -0.39 is 0 Å². The van der Waals surface area contributed by atoms with Gasteiger partial charge in [-0.3, -0.25) is 4.99 Å². The third-order valence-electron chi connectivity index (χ3n) is 1.76. The maximum Gasteiger partial charge on any atom is 0.0711 e. The largest absolute Gasteiger partial charge is 0.285 e. The first-order chi connectivity index (χ1) is 3.97. The first-order valence-corrected chi connectivity index (χ1v) is 3.17. The van der Waals surface area contributed by atoms with Crippen molar-refractivity contribution in [1.29, 1.82) is 0 Å². The molecule has 1 saturated carbocycles. The van der Waals surface area contributed by atoms with Gasteiger partial charge >= 0.3 is 0 Å². The Balaban J connectivity index is 2.06. The molecule has 1 aliphatic heterocycles. The summed E-state index contributed by atoms with van der Waals surface area (Å²) in [6, 6.07) is 0.565. The summed E-state index contributed by atoms with van der Waals surface area (Å²) in [7, 11) is 0. The molecule has 1 atom stereocenters. The first-order valence-electron chi connectivity index (χ1n) is 3.17. The highest BCUT2D eigenvalue weighted by Crippen LogP contribution is 2.35. The van der Waals surface area contributed by atoms with Crippen LogP contribution in [0.2, 0.25) is 0 Å². The Labute approximate surface area is 49.1 Å². The standard InChI is InChI=1S/C7H9N/c1-2-7(8-5-1)6-3-4-6/h1-2,5-7H,3-4H2. The summed E-state index contributed by atoms with van der Waals surface area (Å²) in [5, 5.41) is 0. The topological polar surface area (TPSA) is 12.4 Å². The van der Waals surface area contributed by atoms with Crippen LogP contribution in [0.1, 0.15) is 12.8 Å². The van der Waals surface area contributed by atoms with Crippen molar-refractivity contribution in [3.8, 4) is 0 Å².